The number of halogens is 1. The van der Waals surface area contributed by atoms with Gasteiger partial charge in [-0.15, -0.1) is 0 Å². The van der Waals surface area contributed by atoms with Gasteiger partial charge in [-0.05, 0) is 90.1 Å². The van der Waals surface area contributed by atoms with E-state index in [1.807, 2.05) is 102 Å². The highest BCUT2D eigenvalue weighted by Gasteiger charge is 2.44. The second-order valence-corrected chi connectivity index (χ2v) is 13.4. The molecule has 0 heterocycles. The molecule has 0 aliphatic carbocycles. The highest BCUT2D eigenvalue weighted by Crippen LogP contribution is 2.36. The van der Waals surface area contributed by atoms with Crippen LogP contribution in [-0.4, -0.2) is 40.0 Å². The lowest BCUT2D eigenvalue weighted by Gasteiger charge is -2.45. The SMILES string of the molecule is CCC(C)(C)N(C(=O)C(Cc1ccccc1)NC(=O)OC(C)(C)C)C(C(=O)Nc1c(C)cccc1Cl)c1ccc(C)cc1C. The molecule has 0 aliphatic heterocycles. The summed E-state index contributed by atoms with van der Waals surface area (Å²) in [6.07, 6.45) is 0.0450. The van der Waals surface area contributed by atoms with Crippen molar-refractivity contribution in [1.29, 1.82) is 0 Å². The molecule has 2 unspecified atom stereocenters. The van der Waals surface area contributed by atoms with E-state index in [1.54, 1.807) is 31.7 Å². The van der Waals surface area contributed by atoms with Crippen molar-refractivity contribution < 1.29 is 19.1 Å². The fourth-order valence-corrected chi connectivity index (χ4v) is 5.39. The summed E-state index contributed by atoms with van der Waals surface area (Å²) in [5, 5.41) is 6.27. The van der Waals surface area contributed by atoms with Crippen LogP contribution < -0.4 is 10.6 Å². The van der Waals surface area contributed by atoms with E-state index >= 15 is 0 Å². The van der Waals surface area contributed by atoms with Crippen molar-refractivity contribution >= 4 is 35.2 Å². The lowest BCUT2D eigenvalue weighted by molar-refractivity contribution is -0.147. The van der Waals surface area contributed by atoms with Crippen LogP contribution in [0.2, 0.25) is 5.02 Å². The first kappa shape index (κ1) is 34.6. The van der Waals surface area contributed by atoms with Crippen LogP contribution in [0.4, 0.5) is 10.5 Å². The summed E-state index contributed by atoms with van der Waals surface area (Å²) in [5.74, 6) is -0.804. The van der Waals surface area contributed by atoms with Gasteiger partial charge in [0.25, 0.3) is 5.91 Å². The van der Waals surface area contributed by atoms with E-state index in [0.29, 0.717) is 22.7 Å². The number of ether oxygens (including phenoxy) is 1. The van der Waals surface area contributed by atoms with E-state index in [0.717, 1.165) is 22.3 Å². The first-order valence-corrected chi connectivity index (χ1v) is 15.4. The Balaban J connectivity index is 2.20. The molecule has 0 radical (unpaired) electrons. The summed E-state index contributed by atoms with van der Waals surface area (Å²) in [7, 11) is 0. The largest absolute Gasteiger partial charge is 0.444 e. The first-order valence-electron chi connectivity index (χ1n) is 15.0. The summed E-state index contributed by atoms with van der Waals surface area (Å²) in [6.45, 7) is 16.9. The van der Waals surface area contributed by atoms with Crippen LogP contribution in [-0.2, 0) is 20.7 Å². The van der Waals surface area contributed by atoms with E-state index in [-0.39, 0.29) is 6.42 Å². The van der Waals surface area contributed by atoms with Crippen molar-refractivity contribution in [3.63, 3.8) is 0 Å². The molecule has 2 atom stereocenters. The van der Waals surface area contributed by atoms with Gasteiger partial charge in [0, 0.05) is 12.0 Å². The summed E-state index contributed by atoms with van der Waals surface area (Å²) in [4.78, 5) is 44.1. The summed E-state index contributed by atoms with van der Waals surface area (Å²) in [6, 6.07) is 18.7. The Kier molecular flexibility index (Phi) is 11.3. The minimum atomic E-state index is -1.03. The van der Waals surface area contributed by atoms with Crippen LogP contribution in [0.15, 0.2) is 66.7 Å². The van der Waals surface area contributed by atoms with Gasteiger partial charge in [0.1, 0.15) is 17.7 Å². The lowest BCUT2D eigenvalue weighted by atomic mass is 9.89. The quantitative estimate of drug-likeness (QED) is 0.240. The van der Waals surface area contributed by atoms with Crippen molar-refractivity contribution in [3.8, 4) is 0 Å². The van der Waals surface area contributed by atoms with Crippen molar-refractivity contribution in [3.05, 3.63) is 99.6 Å². The van der Waals surface area contributed by atoms with Gasteiger partial charge in [0.2, 0.25) is 5.91 Å². The average molecular weight is 620 g/mol. The Bertz CT molecular complexity index is 1460. The number of benzene rings is 3. The molecule has 44 heavy (non-hydrogen) atoms. The molecule has 0 aromatic heterocycles. The van der Waals surface area contributed by atoms with Gasteiger partial charge in [0.15, 0.2) is 0 Å². The maximum atomic E-state index is 14.9. The highest BCUT2D eigenvalue weighted by molar-refractivity contribution is 6.34. The van der Waals surface area contributed by atoms with Gasteiger partial charge in [0.05, 0.1) is 10.7 Å². The van der Waals surface area contributed by atoms with Gasteiger partial charge >= 0.3 is 6.09 Å². The van der Waals surface area contributed by atoms with E-state index in [4.69, 9.17) is 16.3 Å². The number of carbonyl (C=O) groups excluding carboxylic acids is 3. The maximum Gasteiger partial charge on any atom is 0.408 e. The molecule has 236 valence electrons. The molecular formula is C36H46ClN3O4. The zero-order chi connectivity index (χ0) is 32.8. The van der Waals surface area contributed by atoms with E-state index in [2.05, 4.69) is 10.6 Å². The topological polar surface area (TPSA) is 87.7 Å². The van der Waals surface area contributed by atoms with Crippen molar-refractivity contribution in [1.82, 2.24) is 10.2 Å². The van der Waals surface area contributed by atoms with Crippen LogP contribution in [0.5, 0.6) is 0 Å². The predicted octanol–water partition coefficient (Wildman–Crippen LogP) is 8.10. The molecule has 3 amide bonds. The van der Waals surface area contributed by atoms with E-state index < -0.39 is 41.1 Å². The fourth-order valence-electron chi connectivity index (χ4n) is 5.12. The van der Waals surface area contributed by atoms with Crippen LogP contribution in [0.1, 0.15) is 81.8 Å². The van der Waals surface area contributed by atoms with Crippen LogP contribution in [0.3, 0.4) is 0 Å². The fraction of sp³-hybridized carbons (Fsp3) is 0.417. The Hall–Kier alpha value is -3.84. The second kappa shape index (κ2) is 14.3. The number of para-hydroxylation sites is 1. The van der Waals surface area contributed by atoms with Crippen LogP contribution >= 0.6 is 11.6 Å². The van der Waals surface area contributed by atoms with Crippen molar-refractivity contribution in [2.75, 3.05) is 5.32 Å². The third-order valence-electron chi connectivity index (χ3n) is 7.72. The molecule has 0 spiro atoms. The number of nitrogens with one attached hydrogen (secondary N) is 2. The van der Waals surface area contributed by atoms with E-state index in [1.165, 1.54) is 0 Å². The molecule has 0 aliphatic rings. The molecule has 0 fully saturated rings. The van der Waals surface area contributed by atoms with Crippen molar-refractivity contribution in [2.45, 2.75) is 98.4 Å². The molecule has 8 heteroatoms. The highest BCUT2D eigenvalue weighted by atomic mass is 35.5. The number of rotatable bonds is 10. The third-order valence-corrected chi connectivity index (χ3v) is 8.04. The molecule has 3 aromatic rings. The molecule has 7 nitrogen and oxygen atoms in total. The monoisotopic (exact) mass is 619 g/mol. The average Bonchev–Trinajstić information content (AvgIpc) is 2.93. The number of aryl methyl sites for hydroxylation is 3. The number of hydrogen-bond donors (Lipinski definition) is 2. The molecule has 0 saturated carbocycles. The first-order chi connectivity index (χ1) is 20.5. The molecular weight excluding hydrogens is 574 g/mol. The second-order valence-electron chi connectivity index (χ2n) is 12.9. The Morgan fingerprint density at radius 1 is 0.886 bits per heavy atom. The van der Waals surface area contributed by atoms with Crippen LogP contribution in [0.25, 0.3) is 0 Å². The Labute approximate surface area is 267 Å². The summed E-state index contributed by atoms with van der Waals surface area (Å²) in [5.41, 5.74) is 3.17. The van der Waals surface area contributed by atoms with Crippen molar-refractivity contribution in [2.24, 2.45) is 0 Å². The number of nitrogens with zero attached hydrogens (tertiary/aromatic N) is 1. The smallest absolute Gasteiger partial charge is 0.408 e. The third kappa shape index (κ3) is 8.85. The zero-order valence-corrected chi connectivity index (χ0v) is 28.1. The lowest BCUT2D eigenvalue weighted by Crippen LogP contribution is -2.59. The Morgan fingerprint density at radius 2 is 1.55 bits per heavy atom. The minimum Gasteiger partial charge on any atom is -0.444 e. The number of hydrogen-bond acceptors (Lipinski definition) is 4. The number of alkyl carbamates (subject to hydrolysis) is 1. The summed E-state index contributed by atoms with van der Waals surface area (Å²) >= 11 is 6.53. The van der Waals surface area contributed by atoms with Crippen LogP contribution in [0, 0.1) is 20.8 Å². The standard InChI is InChI=1S/C36H46ClN3O4/c1-10-36(8,9)40(33(42)29(22-26-16-12-11-13-17-26)38-34(43)44-35(5,6)7)31(27-20-19-23(2)21-25(27)4)32(41)39-30-24(3)15-14-18-28(30)37/h11-21,29,31H,10,22H2,1-9H3,(H,38,43)(H,39,41). The van der Waals surface area contributed by atoms with Gasteiger partial charge in [-0.1, -0.05) is 84.8 Å². The number of amides is 3. The Morgan fingerprint density at radius 3 is 2.11 bits per heavy atom. The normalized spacial score (nSPS) is 13.0. The molecule has 3 aromatic carbocycles. The zero-order valence-electron chi connectivity index (χ0n) is 27.4. The molecule has 3 rings (SSSR count). The minimum absolute atomic E-state index is 0.208. The molecule has 2 N–H and O–H groups in total. The summed E-state index contributed by atoms with van der Waals surface area (Å²) < 4.78 is 5.56. The number of anilines is 1. The molecule has 0 bridgehead atoms. The maximum absolute atomic E-state index is 14.9. The van der Waals surface area contributed by atoms with Gasteiger partial charge < -0.3 is 20.3 Å². The molecule has 0 saturated heterocycles. The van der Waals surface area contributed by atoms with Gasteiger partial charge in [-0.2, -0.15) is 0 Å². The van der Waals surface area contributed by atoms with Gasteiger partial charge in [-0.25, -0.2) is 4.79 Å². The predicted molar refractivity (Wildman–Crippen MR) is 178 cm³/mol. The van der Waals surface area contributed by atoms with Gasteiger partial charge in [-0.3, -0.25) is 9.59 Å². The van der Waals surface area contributed by atoms with E-state index in [9.17, 15) is 14.4 Å². The number of carbonyl (C=O) groups is 3.